The average molecular weight is 347 g/mol. The Labute approximate surface area is 151 Å². The zero-order valence-corrected chi connectivity index (χ0v) is 15.5. The molecule has 0 spiro atoms. The monoisotopic (exact) mass is 347 g/mol. The third-order valence-corrected chi connectivity index (χ3v) is 4.60. The van der Waals surface area contributed by atoms with Crippen molar-refractivity contribution in [2.45, 2.75) is 71.1 Å². The van der Waals surface area contributed by atoms with E-state index in [0.29, 0.717) is 19.4 Å². The molecule has 4 heteroatoms. The van der Waals surface area contributed by atoms with Crippen LogP contribution < -0.4 is 5.73 Å². The van der Waals surface area contributed by atoms with E-state index in [2.05, 4.69) is 6.92 Å². The lowest BCUT2D eigenvalue weighted by atomic mass is 9.86. The van der Waals surface area contributed by atoms with E-state index in [4.69, 9.17) is 5.73 Å². The molecule has 3 N–H and O–H groups in total. The van der Waals surface area contributed by atoms with Crippen LogP contribution in [0, 0.1) is 5.92 Å². The summed E-state index contributed by atoms with van der Waals surface area (Å²) in [4.78, 5) is 25.4. The summed E-state index contributed by atoms with van der Waals surface area (Å²) in [6, 6.07) is 6.46. The number of Topliss-reactive ketones (excluding diaryl/α,β-unsaturated/α-hetero) is 2. The van der Waals surface area contributed by atoms with Crippen LogP contribution >= 0.6 is 0 Å². The van der Waals surface area contributed by atoms with E-state index in [-0.39, 0.29) is 22.9 Å². The van der Waals surface area contributed by atoms with Crippen LogP contribution in [0.1, 0.15) is 81.5 Å². The number of carbonyl (C=O) groups is 2. The van der Waals surface area contributed by atoms with Gasteiger partial charge in [0.25, 0.3) is 0 Å². The van der Waals surface area contributed by atoms with Gasteiger partial charge in [-0.25, -0.2) is 0 Å². The second kappa shape index (κ2) is 12.6. The Morgan fingerprint density at radius 1 is 1.00 bits per heavy atom. The number of para-hydroxylation sites is 1. The van der Waals surface area contributed by atoms with E-state index in [9.17, 15) is 14.7 Å². The van der Waals surface area contributed by atoms with Crippen LogP contribution in [0.15, 0.2) is 24.3 Å². The SMILES string of the molecule is CCCCCCCCC(=O)C(CCCCN)C(=O)c1ccccc1O. The maximum atomic E-state index is 12.8. The standard InChI is InChI=1S/C21H33NO3/c1-2-3-4-5-6-7-14-19(23)18(13-10-11-16-22)21(25)17-12-8-9-15-20(17)24/h8-9,12,15,18,24H,2-7,10-11,13-14,16,22H2,1H3. The number of ketones is 2. The minimum atomic E-state index is -0.657. The molecule has 1 atom stereocenters. The summed E-state index contributed by atoms with van der Waals surface area (Å²) in [5.74, 6) is -0.967. The van der Waals surface area contributed by atoms with Crippen LogP contribution in [-0.4, -0.2) is 23.2 Å². The van der Waals surface area contributed by atoms with Crippen molar-refractivity contribution in [2.75, 3.05) is 6.54 Å². The highest BCUT2D eigenvalue weighted by molar-refractivity contribution is 6.11. The van der Waals surface area contributed by atoms with E-state index in [1.807, 2.05) is 0 Å². The number of phenols is 1. The van der Waals surface area contributed by atoms with Gasteiger partial charge in [-0.1, -0.05) is 57.6 Å². The lowest BCUT2D eigenvalue weighted by Crippen LogP contribution is -2.24. The molecule has 0 aliphatic rings. The summed E-state index contributed by atoms with van der Waals surface area (Å²) >= 11 is 0. The van der Waals surface area contributed by atoms with Crippen molar-refractivity contribution in [3.05, 3.63) is 29.8 Å². The number of rotatable bonds is 14. The van der Waals surface area contributed by atoms with Crippen LogP contribution in [-0.2, 0) is 4.79 Å². The molecule has 0 aliphatic carbocycles. The smallest absolute Gasteiger partial charge is 0.177 e. The molecule has 4 nitrogen and oxygen atoms in total. The van der Waals surface area contributed by atoms with Crippen LogP contribution in [0.2, 0.25) is 0 Å². The van der Waals surface area contributed by atoms with Crippen molar-refractivity contribution >= 4 is 11.6 Å². The van der Waals surface area contributed by atoms with E-state index >= 15 is 0 Å². The average Bonchev–Trinajstić information content (AvgIpc) is 2.61. The summed E-state index contributed by atoms with van der Waals surface area (Å²) in [7, 11) is 0. The fraction of sp³-hybridized carbons (Fsp3) is 0.619. The molecule has 0 radical (unpaired) electrons. The molecule has 0 saturated carbocycles. The van der Waals surface area contributed by atoms with Gasteiger partial charge in [0.2, 0.25) is 0 Å². The Morgan fingerprint density at radius 2 is 1.68 bits per heavy atom. The molecule has 0 aliphatic heterocycles. The molecule has 0 amide bonds. The predicted molar refractivity (Wildman–Crippen MR) is 102 cm³/mol. The molecule has 0 bridgehead atoms. The zero-order chi connectivity index (χ0) is 18.5. The van der Waals surface area contributed by atoms with Crippen molar-refractivity contribution in [3.8, 4) is 5.75 Å². The minimum absolute atomic E-state index is 0.000709. The van der Waals surface area contributed by atoms with Crippen molar-refractivity contribution in [2.24, 2.45) is 11.7 Å². The maximum Gasteiger partial charge on any atom is 0.177 e. The first kappa shape index (κ1) is 21.4. The van der Waals surface area contributed by atoms with Crippen molar-refractivity contribution in [3.63, 3.8) is 0 Å². The highest BCUT2D eigenvalue weighted by Gasteiger charge is 2.27. The number of hydrogen-bond acceptors (Lipinski definition) is 4. The molecule has 0 heterocycles. The van der Waals surface area contributed by atoms with E-state index in [0.717, 1.165) is 32.1 Å². The summed E-state index contributed by atoms with van der Waals surface area (Å²) in [5, 5.41) is 9.93. The molecule has 0 fully saturated rings. The maximum absolute atomic E-state index is 12.8. The van der Waals surface area contributed by atoms with E-state index < -0.39 is 5.92 Å². The first-order valence-electron chi connectivity index (χ1n) is 9.66. The van der Waals surface area contributed by atoms with Crippen molar-refractivity contribution in [1.82, 2.24) is 0 Å². The normalized spacial score (nSPS) is 12.1. The minimum Gasteiger partial charge on any atom is -0.507 e. The third-order valence-electron chi connectivity index (χ3n) is 4.60. The van der Waals surface area contributed by atoms with Gasteiger partial charge in [-0.15, -0.1) is 0 Å². The molecule has 1 unspecified atom stereocenters. The zero-order valence-electron chi connectivity index (χ0n) is 15.5. The highest BCUT2D eigenvalue weighted by atomic mass is 16.3. The molecule has 1 aromatic carbocycles. The number of benzene rings is 1. The summed E-state index contributed by atoms with van der Waals surface area (Å²) in [6.45, 7) is 2.74. The van der Waals surface area contributed by atoms with Crippen LogP contribution in [0.25, 0.3) is 0 Å². The van der Waals surface area contributed by atoms with Gasteiger partial charge < -0.3 is 10.8 Å². The lowest BCUT2D eigenvalue weighted by molar-refractivity contribution is -0.121. The van der Waals surface area contributed by atoms with E-state index in [1.165, 1.54) is 25.3 Å². The van der Waals surface area contributed by atoms with Gasteiger partial charge in [0.05, 0.1) is 11.5 Å². The van der Waals surface area contributed by atoms with Gasteiger partial charge in [0, 0.05) is 6.42 Å². The fourth-order valence-corrected chi connectivity index (χ4v) is 3.05. The summed E-state index contributed by atoms with van der Waals surface area (Å²) in [5.41, 5.74) is 5.78. The Hall–Kier alpha value is -1.68. The van der Waals surface area contributed by atoms with Gasteiger partial charge in [0.1, 0.15) is 11.5 Å². The second-order valence-corrected chi connectivity index (χ2v) is 6.70. The van der Waals surface area contributed by atoms with Gasteiger partial charge in [-0.3, -0.25) is 9.59 Å². The predicted octanol–water partition coefficient (Wildman–Crippen LogP) is 4.64. The first-order valence-corrected chi connectivity index (χ1v) is 9.66. The van der Waals surface area contributed by atoms with Crippen molar-refractivity contribution < 1.29 is 14.7 Å². The second-order valence-electron chi connectivity index (χ2n) is 6.70. The van der Waals surface area contributed by atoms with Crippen LogP contribution in [0.3, 0.4) is 0 Å². The quantitative estimate of drug-likeness (QED) is 0.292. The molecule has 1 aromatic rings. The number of nitrogens with two attached hydrogens (primary N) is 1. The molecule has 0 saturated heterocycles. The molecule has 0 aromatic heterocycles. The van der Waals surface area contributed by atoms with Gasteiger partial charge >= 0.3 is 0 Å². The third kappa shape index (κ3) is 7.82. The number of aromatic hydroxyl groups is 1. The lowest BCUT2D eigenvalue weighted by Gasteiger charge is -2.15. The molecule has 1 rings (SSSR count). The summed E-state index contributed by atoms with van der Waals surface area (Å²) in [6.07, 6.45) is 9.18. The molecule has 140 valence electrons. The number of hydrogen-bond donors (Lipinski definition) is 2. The first-order chi connectivity index (χ1) is 12.1. The van der Waals surface area contributed by atoms with Gasteiger partial charge in [-0.2, -0.15) is 0 Å². The Kier molecular flexibility index (Phi) is 10.8. The molecular weight excluding hydrogens is 314 g/mol. The van der Waals surface area contributed by atoms with Crippen molar-refractivity contribution in [1.29, 1.82) is 0 Å². The van der Waals surface area contributed by atoms with E-state index in [1.54, 1.807) is 18.2 Å². The molecule has 25 heavy (non-hydrogen) atoms. The fourth-order valence-electron chi connectivity index (χ4n) is 3.05. The van der Waals surface area contributed by atoms with Crippen LogP contribution in [0.4, 0.5) is 0 Å². The topological polar surface area (TPSA) is 80.4 Å². The Balaban J connectivity index is 2.63. The number of carbonyl (C=O) groups excluding carboxylic acids is 2. The summed E-state index contributed by atoms with van der Waals surface area (Å²) < 4.78 is 0. The molecular formula is C21H33NO3. The number of unbranched alkanes of at least 4 members (excludes halogenated alkanes) is 6. The number of phenolic OH excluding ortho intramolecular Hbond substituents is 1. The van der Waals surface area contributed by atoms with Crippen LogP contribution in [0.5, 0.6) is 5.75 Å². The largest absolute Gasteiger partial charge is 0.507 e. The Morgan fingerprint density at radius 3 is 2.36 bits per heavy atom. The van der Waals surface area contributed by atoms with Gasteiger partial charge in [0.15, 0.2) is 5.78 Å². The van der Waals surface area contributed by atoms with Gasteiger partial charge in [-0.05, 0) is 37.9 Å². The highest BCUT2D eigenvalue weighted by Crippen LogP contribution is 2.24. The Bertz CT molecular complexity index is 528.